The van der Waals surface area contributed by atoms with Crippen molar-refractivity contribution in [1.29, 1.82) is 0 Å². The van der Waals surface area contributed by atoms with Gasteiger partial charge in [-0.15, -0.1) is 0 Å². The Hall–Kier alpha value is -0.0500. The Morgan fingerprint density at radius 2 is 2.14 bits per heavy atom. The van der Waals surface area contributed by atoms with Crippen LogP contribution >= 0.6 is 24.7 Å². The summed E-state index contributed by atoms with van der Waals surface area (Å²) in [6.07, 6.45) is 4.41. The van der Waals surface area contributed by atoms with Gasteiger partial charge in [0.2, 0.25) is 0 Å². The van der Waals surface area contributed by atoms with Gasteiger partial charge in [0.05, 0.1) is 8.81 Å². The van der Waals surface area contributed by atoms with Gasteiger partial charge in [-0.2, -0.15) is 8.78 Å². The van der Waals surface area contributed by atoms with Crippen molar-refractivity contribution in [3.05, 3.63) is 36.0 Å². The largest absolute Gasteiger partial charge is 0.370 e. The first-order valence-corrected chi connectivity index (χ1v) is 5.90. The predicted octanol–water partition coefficient (Wildman–Crippen LogP) is 3.62. The first kappa shape index (κ1) is 13.9. The normalized spacial score (nSPS) is 15.2. The zero-order chi connectivity index (χ0) is 11.2. The maximum Gasteiger partial charge on any atom is 0.308 e. The SMILES string of the molecule is C=C/C(C)=C\C=C(/CBr)C(F)(F)PO. The Kier molecular flexibility index (Phi) is 6.41. The van der Waals surface area contributed by atoms with Crippen LogP contribution < -0.4 is 0 Å². The van der Waals surface area contributed by atoms with Crippen molar-refractivity contribution in [3.8, 4) is 0 Å². The summed E-state index contributed by atoms with van der Waals surface area (Å²) in [6.45, 7) is 5.26. The second-order valence-electron chi connectivity index (χ2n) is 2.63. The highest BCUT2D eigenvalue weighted by atomic mass is 79.9. The van der Waals surface area contributed by atoms with E-state index in [4.69, 9.17) is 4.89 Å². The highest BCUT2D eigenvalue weighted by Crippen LogP contribution is 2.39. The van der Waals surface area contributed by atoms with Crippen molar-refractivity contribution >= 4 is 24.7 Å². The quantitative estimate of drug-likeness (QED) is 0.464. The van der Waals surface area contributed by atoms with Crippen LogP contribution in [0.25, 0.3) is 0 Å². The lowest BCUT2D eigenvalue weighted by molar-refractivity contribution is 0.135. The molecule has 0 aromatic rings. The number of hydrogen-bond donors (Lipinski definition) is 1. The summed E-state index contributed by atoms with van der Waals surface area (Å²) in [5.41, 5.74) is -2.48. The summed E-state index contributed by atoms with van der Waals surface area (Å²) in [7, 11) is -1.41. The molecule has 1 N–H and O–H groups in total. The smallest absolute Gasteiger partial charge is 0.308 e. The van der Waals surface area contributed by atoms with E-state index in [2.05, 4.69) is 22.5 Å². The van der Waals surface area contributed by atoms with Crippen LogP contribution in [0.1, 0.15) is 6.92 Å². The Bertz CT molecular complexity index is 262. The molecule has 0 fully saturated rings. The van der Waals surface area contributed by atoms with Crippen LogP contribution in [0.2, 0.25) is 0 Å². The fourth-order valence-corrected chi connectivity index (χ4v) is 1.72. The van der Waals surface area contributed by atoms with E-state index in [0.717, 1.165) is 5.57 Å². The Morgan fingerprint density at radius 1 is 1.57 bits per heavy atom. The Labute approximate surface area is 92.6 Å². The lowest BCUT2D eigenvalue weighted by Crippen LogP contribution is -2.13. The molecule has 0 rings (SSSR count). The van der Waals surface area contributed by atoms with Crippen LogP contribution in [-0.2, 0) is 0 Å². The fourth-order valence-electron chi connectivity index (χ4n) is 0.605. The van der Waals surface area contributed by atoms with Gasteiger partial charge in [-0.3, -0.25) is 0 Å². The van der Waals surface area contributed by atoms with E-state index < -0.39 is 14.5 Å². The molecule has 0 aliphatic rings. The molecule has 1 unspecified atom stereocenters. The first-order chi connectivity index (χ1) is 6.47. The van der Waals surface area contributed by atoms with Gasteiger partial charge < -0.3 is 4.89 Å². The maximum atomic E-state index is 13.0. The molecule has 0 heterocycles. The van der Waals surface area contributed by atoms with Gasteiger partial charge >= 0.3 is 5.66 Å². The van der Waals surface area contributed by atoms with E-state index in [9.17, 15) is 8.78 Å². The van der Waals surface area contributed by atoms with Gasteiger partial charge in [-0.05, 0) is 6.92 Å². The third kappa shape index (κ3) is 4.45. The molecule has 80 valence electrons. The second-order valence-corrected chi connectivity index (χ2v) is 4.04. The number of alkyl halides is 3. The monoisotopic (exact) mass is 284 g/mol. The molecule has 5 heteroatoms. The molecule has 0 amide bonds. The second kappa shape index (κ2) is 6.44. The first-order valence-electron chi connectivity index (χ1n) is 3.83. The summed E-state index contributed by atoms with van der Waals surface area (Å²) in [4.78, 5) is 8.49. The molecule has 0 aliphatic heterocycles. The van der Waals surface area contributed by atoms with Crippen LogP contribution in [-0.4, -0.2) is 15.9 Å². The third-order valence-electron chi connectivity index (χ3n) is 1.56. The van der Waals surface area contributed by atoms with Gasteiger partial charge in [0.25, 0.3) is 0 Å². The molecule has 1 nitrogen and oxygen atoms in total. The van der Waals surface area contributed by atoms with E-state index in [-0.39, 0.29) is 10.9 Å². The molecular weight excluding hydrogens is 273 g/mol. The molecule has 0 saturated heterocycles. The molecule has 1 atom stereocenters. The molecule has 0 aliphatic carbocycles. The van der Waals surface area contributed by atoms with Crippen molar-refractivity contribution in [2.24, 2.45) is 0 Å². The summed E-state index contributed by atoms with van der Waals surface area (Å²) in [5, 5.41) is 0.0362. The highest BCUT2D eigenvalue weighted by Gasteiger charge is 2.32. The van der Waals surface area contributed by atoms with Gasteiger partial charge in [0, 0.05) is 10.9 Å². The van der Waals surface area contributed by atoms with E-state index in [1.54, 1.807) is 13.0 Å². The molecular formula is C9H12BrF2OP. The number of hydrogen-bond acceptors (Lipinski definition) is 1. The number of rotatable bonds is 5. The van der Waals surface area contributed by atoms with Gasteiger partial charge in [0.15, 0.2) is 0 Å². The summed E-state index contributed by atoms with van der Waals surface area (Å²) < 4.78 is 26.0. The van der Waals surface area contributed by atoms with Crippen molar-refractivity contribution in [2.75, 3.05) is 5.33 Å². The zero-order valence-corrected chi connectivity index (χ0v) is 10.3. The van der Waals surface area contributed by atoms with Crippen molar-refractivity contribution in [1.82, 2.24) is 0 Å². The minimum atomic E-state index is -3.14. The Morgan fingerprint density at radius 3 is 2.50 bits per heavy atom. The van der Waals surface area contributed by atoms with E-state index >= 15 is 0 Å². The number of allylic oxidation sites excluding steroid dienone is 5. The van der Waals surface area contributed by atoms with Gasteiger partial charge in [-0.25, -0.2) is 0 Å². The number of halogens is 3. The van der Waals surface area contributed by atoms with Crippen LogP contribution in [0.4, 0.5) is 8.78 Å². The van der Waals surface area contributed by atoms with E-state index in [1.807, 2.05) is 0 Å². The summed E-state index contributed by atoms with van der Waals surface area (Å²) >= 11 is 2.95. The standard InChI is InChI=1S/C9H12BrF2OP/c1-3-7(2)4-5-8(6-10)9(11,12)14-13/h3-5,13-14H,1,6H2,2H3/b7-4-,8-5+. The average molecular weight is 285 g/mol. The van der Waals surface area contributed by atoms with Crippen molar-refractivity contribution in [3.63, 3.8) is 0 Å². The van der Waals surface area contributed by atoms with Crippen LogP contribution in [0, 0.1) is 0 Å². The zero-order valence-electron chi connectivity index (χ0n) is 7.73. The lowest BCUT2D eigenvalue weighted by atomic mass is 10.2. The molecule has 0 radical (unpaired) electrons. The average Bonchev–Trinajstić information content (AvgIpc) is 2.18. The molecule has 0 aromatic carbocycles. The highest BCUT2D eigenvalue weighted by molar-refractivity contribution is 9.09. The van der Waals surface area contributed by atoms with E-state index in [1.165, 1.54) is 12.2 Å². The van der Waals surface area contributed by atoms with Crippen LogP contribution in [0.3, 0.4) is 0 Å². The Balaban J connectivity index is 4.81. The van der Waals surface area contributed by atoms with Crippen LogP contribution in [0.15, 0.2) is 36.0 Å². The van der Waals surface area contributed by atoms with Gasteiger partial charge in [0.1, 0.15) is 0 Å². The molecule has 0 aromatic heterocycles. The minimum Gasteiger partial charge on any atom is -0.370 e. The van der Waals surface area contributed by atoms with E-state index in [0.29, 0.717) is 0 Å². The molecule has 0 spiro atoms. The van der Waals surface area contributed by atoms with Crippen molar-refractivity contribution in [2.45, 2.75) is 12.6 Å². The summed E-state index contributed by atoms with van der Waals surface area (Å²) in [5.74, 6) is 0. The topological polar surface area (TPSA) is 20.2 Å². The van der Waals surface area contributed by atoms with Gasteiger partial charge in [-0.1, -0.05) is 46.3 Å². The third-order valence-corrected chi connectivity index (χ3v) is 2.76. The molecule has 0 bridgehead atoms. The summed E-state index contributed by atoms with van der Waals surface area (Å²) in [6, 6.07) is 0. The molecule has 14 heavy (non-hydrogen) atoms. The molecule has 0 saturated carbocycles. The van der Waals surface area contributed by atoms with Crippen LogP contribution in [0.5, 0.6) is 0 Å². The van der Waals surface area contributed by atoms with Crippen molar-refractivity contribution < 1.29 is 13.7 Å². The minimum absolute atomic E-state index is 0.0362. The lowest BCUT2D eigenvalue weighted by Gasteiger charge is -2.14. The fraction of sp³-hybridized carbons (Fsp3) is 0.333. The predicted molar refractivity (Wildman–Crippen MR) is 61.3 cm³/mol. The maximum absolute atomic E-state index is 13.0.